The van der Waals surface area contributed by atoms with E-state index in [1.54, 1.807) is 4.90 Å². The molecule has 0 radical (unpaired) electrons. The molecule has 8 heteroatoms. The zero-order chi connectivity index (χ0) is 21.8. The summed E-state index contributed by atoms with van der Waals surface area (Å²) in [5.74, 6) is 0.685. The summed E-state index contributed by atoms with van der Waals surface area (Å²) < 4.78 is 10.5. The highest BCUT2D eigenvalue weighted by Gasteiger charge is 2.43. The number of unbranched alkanes of at least 4 members (excludes halogenated alkanes) is 1. The van der Waals surface area contributed by atoms with Crippen LogP contribution in [0, 0.1) is 5.92 Å². The minimum Gasteiger partial charge on any atom is -0.468 e. The van der Waals surface area contributed by atoms with Gasteiger partial charge in [0.15, 0.2) is 6.23 Å². The maximum Gasteiger partial charge on any atom is 0.411 e. The van der Waals surface area contributed by atoms with E-state index in [1.807, 2.05) is 7.05 Å². The fourth-order valence-electron chi connectivity index (χ4n) is 5.50. The number of likely N-dealkylation sites (N-methyl/N-ethyl adjacent to an activating group) is 1. The highest BCUT2D eigenvalue weighted by molar-refractivity contribution is 5.71. The molecule has 0 aromatic carbocycles. The van der Waals surface area contributed by atoms with Gasteiger partial charge in [0.25, 0.3) is 0 Å². The fourth-order valence-corrected chi connectivity index (χ4v) is 5.50. The summed E-state index contributed by atoms with van der Waals surface area (Å²) in [4.78, 5) is 32.6. The molecule has 4 aliphatic rings. The summed E-state index contributed by atoms with van der Waals surface area (Å²) in [5, 5.41) is 0. The van der Waals surface area contributed by atoms with Gasteiger partial charge in [0.05, 0.1) is 19.7 Å². The Labute approximate surface area is 186 Å². The average molecular weight is 437 g/mol. The number of hydrogen-bond acceptors (Lipinski definition) is 7. The molecule has 3 saturated heterocycles. The topological polar surface area (TPSA) is 65.6 Å². The van der Waals surface area contributed by atoms with Crippen molar-refractivity contribution in [2.45, 2.75) is 69.7 Å². The van der Waals surface area contributed by atoms with Crippen molar-refractivity contribution in [2.75, 3.05) is 60.0 Å². The van der Waals surface area contributed by atoms with Crippen LogP contribution in [0.25, 0.3) is 0 Å². The number of cyclic esters (lactones) is 1. The average Bonchev–Trinajstić information content (AvgIpc) is 3.60. The molecule has 176 valence electrons. The minimum absolute atomic E-state index is 0.122. The third-order valence-corrected chi connectivity index (χ3v) is 7.76. The smallest absolute Gasteiger partial charge is 0.411 e. The van der Waals surface area contributed by atoms with Crippen molar-refractivity contribution >= 4 is 12.1 Å². The van der Waals surface area contributed by atoms with Gasteiger partial charge in [0.1, 0.15) is 0 Å². The van der Waals surface area contributed by atoms with E-state index >= 15 is 0 Å². The van der Waals surface area contributed by atoms with Crippen molar-refractivity contribution in [3.05, 3.63) is 0 Å². The first-order chi connectivity index (χ1) is 15.0. The number of rotatable bonds is 9. The summed E-state index contributed by atoms with van der Waals surface area (Å²) in [5.41, 5.74) is 0. The highest BCUT2D eigenvalue weighted by Crippen LogP contribution is 2.33. The van der Waals surface area contributed by atoms with Crippen LogP contribution in [0.15, 0.2) is 0 Å². The molecule has 0 aromatic heterocycles. The Morgan fingerprint density at radius 2 is 1.65 bits per heavy atom. The number of esters is 1. The van der Waals surface area contributed by atoms with Gasteiger partial charge in [-0.05, 0) is 51.1 Å². The standard InChI is InChI=1S/C23H40N4O4/c1-24-20(6-4-3-5-18-9-11-26(12-10-18)19-7-8-19)22(31-23(24)29)27-15-13-25(14-16-27)17-21(28)30-2/h18-20,22H,3-17H2,1-2H3. The summed E-state index contributed by atoms with van der Waals surface area (Å²) >= 11 is 0. The van der Waals surface area contributed by atoms with Crippen LogP contribution in [-0.2, 0) is 14.3 Å². The molecule has 31 heavy (non-hydrogen) atoms. The van der Waals surface area contributed by atoms with Crippen LogP contribution in [0.5, 0.6) is 0 Å². The lowest BCUT2D eigenvalue weighted by atomic mass is 9.90. The first-order valence-electron chi connectivity index (χ1n) is 12.3. The van der Waals surface area contributed by atoms with Gasteiger partial charge < -0.3 is 19.3 Å². The summed E-state index contributed by atoms with van der Waals surface area (Å²) in [6, 6.07) is 1.03. The second-order valence-electron chi connectivity index (χ2n) is 9.84. The van der Waals surface area contributed by atoms with Crippen molar-refractivity contribution in [1.82, 2.24) is 19.6 Å². The van der Waals surface area contributed by atoms with Gasteiger partial charge in [-0.25, -0.2) is 4.79 Å². The van der Waals surface area contributed by atoms with Crippen LogP contribution < -0.4 is 0 Å². The Kier molecular flexibility index (Phi) is 7.72. The Hall–Kier alpha value is -1.38. The number of carbonyl (C=O) groups excluding carboxylic acids is 2. The van der Waals surface area contributed by atoms with E-state index < -0.39 is 0 Å². The van der Waals surface area contributed by atoms with Gasteiger partial charge in [-0.15, -0.1) is 0 Å². The van der Waals surface area contributed by atoms with E-state index in [-0.39, 0.29) is 24.3 Å². The Balaban J connectivity index is 1.18. The molecule has 0 N–H and O–H groups in total. The van der Waals surface area contributed by atoms with Crippen LogP contribution in [0.2, 0.25) is 0 Å². The Bertz CT molecular complexity index is 613. The number of amides is 1. The number of ether oxygens (including phenoxy) is 2. The van der Waals surface area contributed by atoms with Gasteiger partial charge in [0, 0.05) is 39.3 Å². The molecule has 1 amide bonds. The molecule has 0 aromatic rings. The molecule has 4 rings (SSSR count). The molecule has 1 saturated carbocycles. The number of piperidine rings is 1. The quantitative estimate of drug-likeness (QED) is 0.404. The van der Waals surface area contributed by atoms with Crippen LogP contribution in [0.3, 0.4) is 0 Å². The molecule has 3 heterocycles. The lowest BCUT2D eigenvalue weighted by Gasteiger charge is -2.38. The van der Waals surface area contributed by atoms with Crippen LogP contribution >= 0.6 is 0 Å². The van der Waals surface area contributed by atoms with Crippen molar-refractivity contribution in [1.29, 1.82) is 0 Å². The van der Waals surface area contributed by atoms with Gasteiger partial charge >= 0.3 is 12.1 Å². The lowest BCUT2D eigenvalue weighted by molar-refractivity contribution is -0.142. The van der Waals surface area contributed by atoms with E-state index in [4.69, 9.17) is 9.47 Å². The molecule has 4 fully saturated rings. The molecular weight excluding hydrogens is 396 g/mol. The van der Waals surface area contributed by atoms with Gasteiger partial charge in [-0.2, -0.15) is 0 Å². The monoisotopic (exact) mass is 436 g/mol. The first kappa shape index (κ1) is 22.8. The molecule has 0 bridgehead atoms. The number of carbonyl (C=O) groups is 2. The highest BCUT2D eigenvalue weighted by atomic mass is 16.6. The van der Waals surface area contributed by atoms with Crippen LogP contribution in [0.4, 0.5) is 4.79 Å². The van der Waals surface area contributed by atoms with Crippen molar-refractivity contribution in [3.8, 4) is 0 Å². The van der Waals surface area contributed by atoms with E-state index in [2.05, 4.69) is 14.7 Å². The zero-order valence-corrected chi connectivity index (χ0v) is 19.3. The molecule has 2 atom stereocenters. The largest absolute Gasteiger partial charge is 0.468 e. The predicted molar refractivity (Wildman–Crippen MR) is 118 cm³/mol. The third kappa shape index (κ3) is 5.90. The Morgan fingerprint density at radius 1 is 0.968 bits per heavy atom. The molecular formula is C23H40N4O4. The lowest BCUT2D eigenvalue weighted by Crippen LogP contribution is -2.54. The summed E-state index contributed by atoms with van der Waals surface area (Å²) in [7, 11) is 3.29. The normalized spacial score (nSPS) is 29.4. The van der Waals surface area contributed by atoms with E-state index in [0.717, 1.165) is 51.0 Å². The summed E-state index contributed by atoms with van der Waals surface area (Å²) in [6.07, 6.45) is 9.89. The second kappa shape index (κ2) is 10.5. The molecule has 8 nitrogen and oxygen atoms in total. The van der Waals surface area contributed by atoms with E-state index in [1.165, 1.54) is 58.7 Å². The third-order valence-electron chi connectivity index (χ3n) is 7.76. The zero-order valence-electron chi connectivity index (χ0n) is 19.3. The maximum absolute atomic E-state index is 12.3. The molecule has 3 aliphatic heterocycles. The molecule has 2 unspecified atom stereocenters. The molecule has 0 spiro atoms. The van der Waals surface area contributed by atoms with Gasteiger partial charge in [0.2, 0.25) is 0 Å². The van der Waals surface area contributed by atoms with Crippen LogP contribution in [-0.4, -0.2) is 110 Å². The maximum atomic E-state index is 12.3. The molecule has 1 aliphatic carbocycles. The SMILES string of the molecule is COC(=O)CN1CCN(C2OC(=O)N(C)C2CCCCC2CCN(C3CC3)CC2)CC1. The Morgan fingerprint density at radius 3 is 2.29 bits per heavy atom. The number of methoxy groups -OCH3 is 1. The minimum atomic E-state index is -0.209. The first-order valence-corrected chi connectivity index (χ1v) is 12.3. The summed E-state index contributed by atoms with van der Waals surface area (Å²) in [6.45, 7) is 6.12. The van der Waals surface area contributed by atoms with E-state index in [9.17, 15) is 9.59 Å². The number of hydrogen-bond donors (Lipinski definition) is 0. The van der Waals surface area contributed by atoms with Crippen molar-refractivity contribution in [3.63, 3.8) is 0 Å². The van der Waals surface area contributed by atoms with Crippen molar-refractivity contribution < 1.29 is 19.1 Å². The number of nitrogens with zero attached hydrogens (tertiary/aromatic N) is 4. The predicted octanol–water partition coefficient (Wildman–Crippen LogP) is 1.99. The van der Waals surface area contributed by atoms with Gasteiger partial charge in [-0.3, -0.25) is 14.6 Å². The number of piperazine rings is 1. The van der Waals surface area contributed by atoms with Crippen molar-refractivity contribution in [2.24, 2.45) is 5.92 Å². The number of likely N-dealkylation sites (tertiary alicyclic amines) is 1. The van der Waals surface area contributed by atoms with E-state index in [0.29, 0.717) is 6.54 Å². The van der Waals surface area contributed by atoms with Gasteiger partial charge in [-0.1, -0.05) is 19.3 Å². The second-order valence-corrected chi connectivity index (χ2v) is 9.84. The fraction of sp³-hybridized carbons (Fsp3) is 0.913. The van der Waals surface area contributed by atoms with Crippen LogP contribution in [0.1, 0.15) is 51.4 Å².